The van der Waals surface area contributed by atoms with Crippen LogP contribution in [0.15, 0.2) is 32.3 Å². The Bertz CT molecular complexity index is 556. The predicted octanol–water partition coefficient (Wildman–Crippen LogP) is 1.14. The third-order valence-electron chi connectivity index (χ3n) is 2.83. The molecule has 1 aliphatic rings. The molecule has 0 atom stereocenters. The van der Waals surface area contributed by atoms with Gasteiger partial charge in [0, 0.05) is 5.92 Å². The van der Waals surface area contributed by atoms with E-state index < -0.39 is 0 Å². The summed E-state index contributed by atoms with van der Waals surface area (Å²) in [5.74, 6) is 2.89. The van der Waals surface area contributed by atoms with Gasteiger partial charge in [-0.3, -0.25) is 0 Å². The van der Waals surface area contributed by atoms with E-state index in [9.17, 15) is 0 Å². The zero-order chi connectivity index (χ0) is 13.1. The van der Waals surface area contributed by atoms with Crippen LogP contribution in [0.5, 0.6) is 0 Å². The fourth-order valence-corrected chi connectivity index (χ4v) is 1.63. The molecule has 2 heterocycles. The van der Waals surface area contributed by atoms with E-state index in [4.69, 9.17) is 14.7 Å². The van der Waals surface area contributed by atoms with Gasteiger partial charge in [-0.1, -0.05) is 5.16 Å². The highest BCUT2D eigenvalue weighted by Gasteiger charge is 2.28. The molecule has 0 radical (unpaired) electrons. The van der Waals surface area contributed by atoms with Gasteiger partial charge in [0.2, 0.25) is 5.89 Å². The molecule has 1 aliphatic carbocycles. The first-order chi connectivity index (χ1) is 9.31. The number of hydrogen-bond donors (Lipinski definition) is 2. The second-order valence-electron chi connectivity index (χ2n) is 4.45. The van der Waals surface area contributed by atoms with Gasteiger partial charge < -0.3 is 20.0 Å². The Morgan fingerprint density at radius 3 is 3.16 bits per heavy atom. The quantitative estimate of drug-likeness (QED) is 0.618. The molecule has 0 aromatic carbocycles. The van der Waals surface area contributed by atoms with E-state index in [1.165, 1.54) is 0 Å². The minimum absolute atomic E-state index is 0.322. The summed E-state index contributed by atoms with van der Waals surface area (Å²) < 4.78 is 10.3. The van der Waals surface area contributed by atoms with Gasteiger partial charge in [0.1, 0.15) is 12.3 Å². The van der Waals surface area contributed by atoms with E-state index in [-0.39, 0.29) is 0 Å². The minimum atomic E-state index is 0.322. The highest BCUT2D eigenvalue weighted by molar-refractivity contribution is 5.77. The fraction of sp³-hybridized carbons (Fsp3) is 0.417. The van der Waals surface area contributed by atoms with Gasteiger partial charge in [0.25, 0.3) is 0 Å². The second-order valence-corrected chi connectivity index (χ2v) is 4.45. The van der Waals surface area contributed by atoms with Crippen LogP contribution in [-0.2, 0) is 13.1 Å². The standard InChI is InChI=1S/C12H15N5O2/c13-12(14-6-9-2-1-5-18-9)15-7-10-16-11(17-19-10)8-3-4-8/h1-2,5,8H,3-4,6-7H2,(H3,13,14,15). The molecule has 0 bridgehead atoms. The molecule has 1 saturated carbocycles. The summed E-state index contributed by atoms with van der Waals surface area (Å²) in [5, 5.41) is 6.84. The number of guanidine groups is 1. The monoisotopic (exact) mass is 261 g/mol. The number of aliphatic imine (C=N–C) groups is 1. The van der Waals surface area contributed by atoms with Crippen LogP contribution in [0, 0.1) is 0 Å². The van der Waals surface area contributed by atoms with Crippen LogP contribution in [-0.4, -0.2) is 16.1 Å². The maximum Gasteiger partial charge on any atom is 0.246 e. The molecule has 3 N–H and O–H groups in total. The van der Waals surface area contributed by atoms with Gasteiger partial charge in [-0.2, -0.15) is 4.98 Å². The first-order valence-electron chi connectivity index (χ1n) is 6.20. The molecule has 7 heteroatoms. The van der Waals surface area contributed by atoms with Crippen molar-refractivity contribution in [3.05, 3.63) is 35.9 Å². The van der Waals surface area contributed by atoms with Crippen molar-refractivity contribution < 1.29 is 8.94 Å². The smallest absolute Gasteiger partial charge is 0.246 e. The lowest BCUT2D eigenvalue weighted by molar-refractivity contribution is 0.370. The average Bonchev–Trinajstić information content (AvgIpc) is 2.95. The Morgan fingerprint density at radius 1 is 1.53 bits per heavy atom. The highest BCUT2D eigenvalue weighted by atomic mass is 16.5. The van der Waals surface area contributed by atoms with Crippen LogP contribution in [0.2, 0.25) is 0 Å². The number of nitrogens with zero attached hydrogens (tertiary/aromatic N) is 3. The van der Waals surface area contributed by atoms with E-state index in [1.807, 2.05) is 12.1 Å². The maximum absolute atomic E-state index is 5.72. The lowest BCUT2D eigenvalue weighted by Gasteiger charge is -2.01. The summed E-state index contributed by atoms with van der Waals surface area (Å²) in [6.07, 6.45) is 3.91. The molecule has 3 rings (SSSR count). The molecule has 1 fully saturated rings. The summed E-state index contributed by atoms with van der Waals surface area (Å²) in [6, 6.07) is 3.66. The summed E-state index contributed by atoms with van der Waals surface area (Å²) in [7, 11) is 0. The van der Waals surface area contributed by atoms with Gasteiger partial charge in [-0.15, -0.1) is 0 Å². The van der Waals surface area contributed by atoms with Crippen LogP contribution in [0.1, 0.15) is 36.2 Å². The Hall–Kier alpha value is -2.31. The molecule has 7 nitrogen and oxygen atoms in total. The number of aromatic nitrogens is 2. The van der Waals surface area contributed by atoms with Crippen LogP contribution < -0.4 is 11.1 Å². The second kappa shape index (κ2) is 5.13. The number of nitrogens with one attached hydrogen (secondary N) is 1. The molecule has 0 unspecified atom stereocenters. The van der Waals surface area contributed by atoms with Crippen molar-refractivity contribution >= 4 is 5.96 Å². The van der Waals surface area contributed by atoms with Gasteiger partial charge in [-0.25, -0.2) is 4.99 Å². The average molecular weight is 261 g/mol. The SMILES string of the molecule is NC(=NCc1ccco1)NCc1nc(C2CC2)no1. The summed E-state index contributed by atoms with van der Waals surface area (Å²) in [4.78, 5) is 8.42. The minimum Gasteiger partial charge on any atom is -0.467 e. The zero-order valence-corrected chi connectivity index (χ0v) is 10.4. The van der Waals surface area contributed by atoms with Crippen molar-refractivity contribution in [1.82, 2.24) is 15.5 Å². The topological polar surface area (TPSA) is 102 Å². The molecule has 19 heavy (non-hydrogen) atoms. The van der Waals surface area contributed by atoms with Crippen LogP contribution in [0.3, 0.4) is 0 Å². The molecule has 2 aromatic heterocycles. The Morgan fingerprint density at radius 2 is 2.42 bits per heavy atom. The van der Waals surface area contributed by atoms with Crippen LogP contribution in [0.4, 0.5) is 0 Å². The number of rotatable bonds is 5. The molecule has 0 spiro atoms. The number of furan rings is 1. The van der Waals surface area contributed by atoms with Gasteiger partial charge in [0.05, 0.1) is 12.8 Å². The van der Waals surface area contributed by atoms with Gasteiger partial charge in [0.15, 0.2) is 11.8 Å². The van der Waals surface area contributed by atoms with Crippen molar-refractivity contribution in [2.45, 2.75) is 31.8 Å². The Kier molecular flexibility index (Phi) is 3.18. The molecule has 0 aliphatic heterocycles. The normalized spacial score (nSPS) is 15.7. The predicted molar refractivity (Wildman–Crippen MR) is 67.1 cm³/mol. The van der Waals surface area contributed by atoms with E-state index in [0.29, 0.717) is 30.9 Å². The third-order valence-corrected chi connectivity index (χ3v) is 2.83. The summed E-state index contributed by atoms with van der Waals surface area (Å²) in [5.41, 5.74) is 5.72. The lowest BCUT2D eigenvalue weighted by Crippen LogP contribution is -2.31. The number of nitrogens with two attached hydrogens (primary N) is 1. The Labute approximate surface area is 109 Å². The van der Waals surface area contributed by atoms with Gasteiger partial charge in [-0.05, 0) is 25.0 Å². The van der Waals surface area contributed by atoms with Crippen LogP contribution in [0.25, 0.3) is 0 Å². The van der Waals surface area contributed by atoms with Crippen molar-refractivity contribution in [3.63, 3.8) is 0 Å². The van der Waals surface area contributed by atoms with Crippen molar-refractivity contribution in [2.24, 2.45) is 10.7 Å². The summed E-state index contributed by atoms with van der Waals surface area (Å²) in [6.45, 7) is 0.788. The zero-order valence-electron chi connectivity index (χ0n) is 10.4. The van der Waals surface area contributed by atoms with E-state index in [0.717, 1.165) is 24.4 Å². The molecule has 2 aromatic rings. The van der Waals surface area contributed by atoms with Crippen LogP contribution >= 0.6 is 0 Å². The molecular formula is C12H15N5O2. The molecule has 0 saturated heterocycles. The van der Waals surface area contributed by atoms with Crippen molar-refractivity contribution in [1.29, 1.82) is 0 Å². The fourth-order valence-electron chi connectivity index (χ4n) is 1.63. The largest absolute Gasteiger partial charge is 0.467 e. The summed E-state index contributed by atoms with van der Waals surface area (Å²) >= 11 is 0. The number of hydrogen-bond acceptors (Lipinski definition) is 5. The maximum atomic E-state index is 5.72. The van der Waals surface area contributed by atoms with Crippen molar-refractivity contribution in [3.8, 4) is 0 Å². The highest BCUT2D eigenvalue weighted by Crippen LogP contribution is 2.37. The van der Waals surface area contributed by atoms with E-state index in [1.54, 1.807) is 6.26 Å². The Balaban J connectivity index is 1.48. The molecular weight excluding hydrogens is 246 g/mol. The lowest BCUT2D eigenvalue weighted by atomic mass is 10.4. The van der Waals surface area contributed by atoms with Gasteiger partial charge >= 0.3 is 0 Å². The van der Waals surface area contributed by atoms with E-state index >= 15 is 0 Å². The van der Waals surface area contributed by atoms with E-state index in [2.05, 4.69) is 20.4 Å². The molecule has 100 valence electrons. The molecule has 0 amide bonds. The van der Waals surface area contributed by atoms with Crippen molar-refractivity contribution in [2.75, 3.05) is 0 Å². The third kappa shape index (κ3) is 3.12. The first-order valence-corrected chi connectivity index (χ1v) is 6.20. The first kappa shape index (κ1) is 11.8.